The lowest BCUT2D eigenvalue weighted by atomic mass is 10.2. The van der Waals surface area contributed by atoms with Gasteiger partial charge in [0.1, 0.15) is 12.4 Å². The summed E-state index contributed by atoms with van der Waals surface area (Å²) in [5.74, 6) is 1.47. The van der Waals surface area contributed by atoms with Gasteiger partial charge in [0, 0.05) is 5.02 Å². The highest BCUT2D eigenvalue weighted by Gasteiger charge is 2.34. The summed E-state index contributed by atoms with van der Waals surface area (Å²) in [5.41, 5.74) is 0.747. The molecule has 152 valence electrons. The van der Waals surface area contributed by atoms with E-state index in [1.807, 2.05) is 6.92 Å². The summed E-state index contributed by atoms with van der Waals surface area (Å²) in [5, 5.41) is 0.291. The van der Waals surface area contributed by atoms with Gasteiger partial charge in [0.05, 0.1) is 25.2 Å². The number of rotatable bonds is 8. The molecule has 2 aromatic rings. The Morgan fingerprint density at radius 2 is 1.83 bits per heavy atom. The van der Waals surface area contributed by atoms with Crippen LogP contribution in [0.15, 0.2) is 47.4 Å². The molecular formula is C21H20ClNO5S. The topological polar surface area (TPSA) is 65.1 Å². The van der Waals surface area contributed by atoms with Crippen LogP contribution < -0.4 is 14.2 Å². The van der Waals surface area contributed by atoms with E-state index in [1.165, 1.54) is 4.90 Å². The first-order valence-electron chi connectivity index (χ1n) is 8.96. The fourth-order valence-electron chi connectivity index (χ4n) is 2.68. The molecule has 0 aromatic heterocycles. The number of carbonyl (C=O) groups excluding carboxylic acids is 2. The van der Waals surface area contributed by atoms with Crippen molar-refractivity contribution < 1.29 is 23.8 Å². The first-order valence-corrected chi connectivity index (χ1v) is 10.2. The van der Waals surface area contributed by atoms with Gasteiger partial charge in [-0.25, -0.2) is 0 Å². The van der Waals surface area contributed by atoms with Crippen LogP contribution in [0.25, 0.3) is 6.08 Å². The summed E-state index contributed by atoms with van der Waals surface area (Å²) in [6.45, 7) is 2.73. The summed E-state index contributed by atoms with van der Waals surface area (Å²) < 4.78 is 16.4. The highest BCUT2D eigenvalue weighted by molar-refractivity contribution is 8.18. The number of hydrogen-bond donors (Lipinski definition) is 0. The lowest BCUT2D eigenvalue weighted by Crippen LogP contribution is -2.32. The molecule has 0 unspecified atom stereocenters. The second-order valence-corrected chi connectivity index (χ2v) is 7.41. The lowest BCUT2D eigenvalue weighted by molar-refractivity contribution is -0.123. The van der Waals surface area contributed by atoms with Crippen molar-refractivity contribution in [2.75, 3.05) is 26.9 Å². The highest BCUT2D eigenvalue weighted by atomic mass is 35.5. The van der Waals surface area contributed by atoms with Gasteiger partial charge in [0.25, 0.3) is 11.1 Å². The molecule has 0 spiro atoms. The number of halogens is 1. The molecule has 6 nitrogen and oxygen atoms in total. The van der Waals surface area contributed by atoms with Crippen molar-refractivity contribution in [3.63, 3.8) is 0 Å². The van der Waals surface area contributed by atoms with Crippen molar-refractivity contribution in [3.8, 4) is 17.2 Å². The lowest BCUT2D eigenvalue weighted by Gasteiger charge is -2.13. The molecule has 1 aliphatic heterocycles. The monoisotopic (exact) mass is 433 g/mol. The molecule has 29 heavy (non-hydrogen) atoms. The first kappa shape index (κ1) is 21.1. The van der Waals surface area contributed by atoms with E-state index in [1.54, 1.807) is 55.7 Å². The van der Waals surface area contributed by atoms with Crippen LogP contribution in [0.2, 0.25) is 5.02 Å². The molecule has 2 amide bonds. The maximum absolute atomic E-state index is 12.6. The molecule has 0 bridgehead atoms. The van der Waals surface area contributed by atoms with Crippen molar-refractivity contribution in [2.45, 2.75) is 6.92 Å². The minimum absolute atomic E-state index is 0.164. The summed E-state index contributed by atoms with van der Waals surface area (Å²) in [4.78, 5) is 26.4. The van der Waals surface area contributed by atoms with E-state index < -0.39 is 0 Å². The highest BCUT2D eigenvalue weighted by Crippen LogP contribution is 2.34. The normalized spacial score (nSPS) is 15.1. The van der Waals surface area contributed by atoms with Crippen molar-refractivity contribution >= 4 is 40.6 Å². The average Bonchev–Trinajstić information content (AvgIpc) is 2.97. The van der Waals surface area contributed by atoms with Crippen molar-refractivity contribution in [3.05, 3.63) is 58.0 Å². The molecule has 0 atom stereocenters. The van der Waals surface area contributed by atoms with Crippen LogP contribution in [0, 0.1) is 0 Å². The Morgan fingerprint density at radius 1 is 1.07 bits per heavy atom. The van der Waals surface area contributed by atoms with E-state index >= 15 is 0 Å². The zero-order valence-corrected chi connectivity index (χ0v) is 17.6. The summed E-state index contributed by atoms with van der Waals surface area (Å²) in [6, 6.07) is 12.2. The number of carbonyl (C=O) groups is 2. The Labute approximate surface area is 178 Å². The molecule has 1 aliphatic rings. The number of thioether (sulfide) groups is 1. The largest absolute Gasteiger partial charge is 0.493 e. The quantitative estimate of drug-likeness (QED) is 0.554. The molecule has 2 aromatic carbocycles. The van der Waals surface area contributed by atoms with Crippen LogP contribution in [0.1, 0.15) is 12.5 Å². The number of imide groups is 1. The Balaban J connectivity index is 1.66. The zero-order chi connectivity index (χ0) is 20.8. The third-order valence-corrected chi connectivity index (χ3v) is 5.22. The molecule has 0 N–H and O–H groups in total. The van der Waals surface area contributed by atoms with Crippen LogP contribution in [-0.2, 0) is 4.79 Å². The van der Waals surface area contributed by atoms with Gasteiger partial charge >= 0.3 is 0 Å². The minimum atomic E-state index is -0.339. The maximum atomic E-state index is 12.6. The van der Waals surface area contributed by atoms with Crippen LogP contribution in [0.4, 0.5) is 4.79 Å². The fraction of sp³-hybridized carbons (Fsp3) is 0.238. The first-order chi connectivity index (χ1) is 14.0. The molecule has 0 saturated carbocycles. The van der Waals surface area contributed by atoms with E-state index in [0.29, 0.717) is 33.8 Å². The molecule has 8 heteroatoms. The third-order valence-electron chi connectivity index (χ3n) is 4.06. The predicted octanol–water partition coefficient (Wildman–Crippen LogP) is 4.86. The van der Waals surface area contributed by atoms with E-state index in [2.05, 4.69) is 0 Å². The summed E-state index contributed by atoms with van der Waals surface area (Å²) >= 11 is 6.74. The van der Waals surface area contributed by atoms with Crippen LogP contribution in [0.5, 0.6) is 17.2 Å². The van der Waals surface area contributed by atoms with Gasteiger partial charge in [-0.05, 0) is 66.7 Å². The molecular weight excluding hydrogens is 414 g/mol. The zero-order valence-electron chi connectivity index (χ0n) is 16.0. The number of amides is 2. The van der Waals surface area contributed by atoms with Crippen molar-refractivity contribution in [2.24, 2.45) is 0 Å². The Kier molecular flexibility index (Phi) is 7.06. The van der Waals surface area contributed by atoms with Gasteiger partial charge in [0.15, 0.2) is 11.5 Å². The Morgan fingerprint density at radius 3 is 2.52 bits per heavy atom. The predicted molar refractivity (Wildman–Crippen MR) is 114 cm³/mol. The molecule has 1 heterocycles. The fourth-order valence-corrected chi connectivity index (χ4v) is 3.67. The van der Waals surface area contributed by atoms with Gasteiger partial charge in [-0.2, -0.15) is 0 Å². The van der Waals surface area contributed by atoms with Crippen molar-refractivity contribution in [1.82, 2.24) is 4.90 Å². The van der Waals surface area contributed by atoms with E-state index in [0.717, 1.165) is 17.3 Å². The second-order valence-electron chi connectivity index (χ2n) is 5.98. The molecule has 1 saturated heterocycles. The molecule has 1 fully saturated rings. The van der Waals surface area contributed by atoms with Gasteiger partial charge in [-0.3, -0.25) is 14.5 Å². The van der Waals surface area contributed by atoms with Gasteiger partial charge in [0.2, 0.25) is 0 Å². The van der Waals surface area contributed by atoms with Crippen LogP contribution >= 0.6 is 23.4 Å². The third kappa shape index (κ3) is 5.25. The standard InChI is InChI=1S/C21H20ClNO5S/c1-3-27-18-12-14(4-9-17(18)26-2)13-19-20(24)23(21(25)29-19)10-11-28-16-7-5-15(22)6-8-16/h4-9,12-13H,3,10-11H2,1-2H3/b19-13-. The number of hydrogen-bond acceptors (Lipinski definition) is 6. The van der Waals surface area contributed by atoms with E-state index in [9.17, 15) is 9.59 Å². The SMILES string of the molecule is CCOc1cc(/C=C2\SC(=O)N(CCOc3ccc(Cl)cc3)C2=O)ccc1OC. The van der Waals surface area contributed by atoms with Crippen LogP contribution in [0.3, 0.4) is 0 Å². The maximum Gasteiger partial charge on any atom is 0.293 e. The van der Waals surface area contributed by atoms with Gasteiger partial charge < -0.3 is 14.2 Å². The van der Waals surface area contributed by atoms with E-state index in [-0.39, 0.29) is 24.3 Å². The molecule has 3 rings (SSSR count). The summed E-state index contributed by atoms with van der Waals surface area (Å²) in [7, 11) is 1.56. The van der Waals surface area contributed by atoms with E-state index in [4.69, 9.17) is 25.8 Å². The number of nitrogens with zero attached hydrogens (tertiary/aromatic N) is 1. The number of ether oxygens (including phenoxy) is 3. The number of benzene rings is 2. The summed E-state index contributed by atoms with van der Waals surface area (Å²) in [6.07, 6.45) is 1.67. The minimum Gasteiger partial charge on any atom is -0.493 e. The number of methoxy groups -OCH3 is 1. The van der Waals surface area contributed by atoms with Crippen LogP contribution in [-0.4, -0.2) is 42.9 Å². The average molecular weight is 434 g/mol. The molecule has 0 radical (unpaired) electrons. The van der Waals surface area contributed by atoms with Gasteiger partial charge in [-0.15, -0.1) is 0 Å². The Hall–Kier alpha value is -2.64. The second kappa shape index (κ2) is 9.71. The smallest absolute Gasteiger partial charge is 0.293 e. The Bertz CT molecular complexity index is 929. The van der Waals surface area contributed by atoms with Gasteiger partial charge in [-0.1, -0.05) is 17.7 Å². The van der Waals surface area contributed by atoms with Crippen molar-refractivity contribution in [1.29, 1.82) is 0 Å². The molecule has 0 aliphatic carbocycles.